The van der Waals surface area contributed by atoms with Crippen LogP contribution in [-0.4, -0.2) is 30.1 Å². The highest BCUT2D eigenvalue weighted by atomic mass is 32.1. The minimum Gasteiger partial charge on any atom is -0.497 e. The Balaban J connectivity index is 1.49. The molecule has 1 aliphatic carbocycles. The van der Waals surface area contributed by atoms with Crippen molar-refractivity contribution in [3.05, 3.63) is 74.7 Å². The number of hydrogen-bond acceptors (Lipinski definition) is 4. The molecule has 1 aromatic heterocycles. The molecule has 4 rings (SSSR count). The van der Waals surface area contributed by atoms with Crippen LogP contribution < -0.4 is 10.1 Å². The highest BCUT2D eigenvalue weighted by Gasteiger charge is 2.28. The summed E-state index contributed by atoms with van der Waals surface area (Å²) in [5.74, 6) is -1.01. The van der Waals surface area contributed by atoms with Gasteiger partial charge in [0.05, 0.1) is 18.6 Å². The lowest BCUT2D eigenvalue weighted by molar-refractivity contribution is -0.142. The first-order chi connectivity index (χ1) is 16.7. The molecule has 1 heterocycles. The molecule has 0 atom stereocenters. The summed E-state index contributed by atoms with van der Waals surface area (Å²) < 4.78 is 19.1. The summed E-state index contributed by atoms with van der Waals surface area (Å²) in [6, 6.07) is 12.6. The van der Waals surface area contributed by atoms with Gasteiger partial charge in [-0.3, -0.25) is 9.59 Å². The molecule has 0 spiro atoms. The zero-order chi connectivity index (χ0) is 25.1. The predicted molar refractivity (Wildman–Crippen MR) is 136 cm³/mol. The molecule has 35 heavy (non-hydrogen) atoms. The van der Waals surface area contributed by atoms with Crippen LogP contribution in [0.4, 0.5) is 4.39 Å². The normalized spacial score (nSPS) is 17.7. The van der Waals surface area contributed by atoms with Crippen LogP contribution >= 0.6 is 11.3 Å². The Hall–Kier alpha value is -3.19. The molecular weight excluding hydrogens is 465 g/mol. The van der Waals surface area contributed by atoms with Crippen LogP contribution in [-0.2, 0) is 11.2 Å². The summed E-state index contributed by atoms with van der Waals surface area (Å²) >= 11 is 1.62. The average Bonchev–Trinajstić information content (AvgIpc) is 3.11. The molecule has 1 aliphatic rings. The maximum absolute atomic E-state index is 13.9. The smallest absolute Gasteiger partial charge is 0.306 e. The maximum Gasteiger partial charge on any atom is 0.306 e. The van der Waals surface area contributed by atoms with E-state index in [0.717, 1.165) is 37.6 Å². The third-order valence-corrected chi connectivity index (χ3v) is 7.86. The lowest BCUT2D eigenvalue weighted by Crippen LogP contribution is -2.39. The predicted octanol–water partition coefficient (Wildman–Crippen LogP) is 6.14. The summed E-state index contributed by atoms with van der Waals surface area (Å²) in [4.78, 5) is 26.5. The largest absolute Gasteiger partial charge is 0.497 e. The van der Waals surface area contributed by atoms with Crippen molar-refractivity contribution in [2.45, 2.75) is 52.0 Å². The van der Waals surface area contributed by atoms with Gasteiger partial charge in [-0.15, -0.1) is 11.3 Å². The molecule has 7 heteroatoms. The molecule has 3 aromatic rings. The summed E-state index contributed by atoms with van der Waals surface area (Å²) in [5.41, 5.74) is 4.44. The number of rotatable bonds is 7. The number of carboxylic acid groups (broad SMARTS) is 1. The second-order valence-electron chi connectivity index (χ2n) is 9.18. The van der Waals surface area contributed by atoms with Crippen LogP contribution in [0.2, 0.25) is 0 Å². The van der Waals surface area contributed by atoms with Gasteiger partial charge in [-0.05, 0) is 80.3 Å². The lowest BCUT2D eigenvalue weighted by Gasteiger charge is -2.27. The average molecular weight is 496 g/mol. The molecule has 1 amide bonds. The number of carbonyl (C=O) groups is 2. The zero-order valence-electron chi connectivity index (χ0n) is 20.2. The number of aliphatic carboxylic acids is 1. The minimum absolute atomic E-state index is 0.00750. The van der Waals surface area contributed by atoms with E-state index in [1.54, 1.807) is 17.4 Å². The Morgan fingerprint density at radius 1 is 1.03 bits per heavy atom. The van der Waals surface area contributed by atoms with Crippen LogP contribution in [0.25, 0.3) is 11.1 Å². The van der Waals surface area contributed by atoms with Gasteiger partial charge in [0.15, 0.2) is 0 Å². The number of methoxy groups -OCH3 is 1. The number of hydrogen-bond donors (Lipinski definition) is 2. The Bertz CT molecular complexity index is 1230. The SMILES string of the molecule is COc1cc(F)cc(-c2ccc(Cc3c(C)sc(C)c3C(=O)N[C@H]3CC[C@H](C(=O)O)CC3)cc2)c1. The molecule has 2 N–H and O–H groups in total. The van der Waals surface area contributed by atoms with E-state index in [4.69, 9.17) is 4.74 Å². The van der Waals surface area contributed by atoms with Crippen molar-refractivity contribution in [1.82, 2.24) is 5.32 Å². The fourth-order valence-electron chi connectivity index (χ4n) is 4.85. The fraction of sp³-hybridized carbons (Fsp3) is 0.357. The first-order valence-corrected chi connectivity index (χ1v) is 12.6. The second kappa shape index (κ2) is 10.6. The number of amides is 1. The molecule has 0 unspecified atom stereocenters. The lowest BCUT2D eigenvalue weighted by atomic mass is 9.86. The molecule has 5 nitrogen and oxygen atoms in total. The van der Waals surface area contributed by atoms with Gasteiger partial charge in [0, 0.05) is 21.9 Å². The Kier molecular flexibility index (Phi) is 7.55. The van der Waals surface area contributed by atoms with E-state index < -0.39 is 5.97 Å². The van der Waals surface area contributed by atoms with Crippen molar-refractivity contribution in [3.63, 3.8) is 0 Å². The third-order valence-electron chi connectivity index (χ3n) is 6.80. The van der Waals surface area contributed by atoms with Crippen LogP contribution in [0.15, 0.2) is 42.5 Å². The number of nitrogens with one attached hydrogen (secondary N) is 1. The standard InChI is InChI=1S/C28H30FNO4S/c1-16-25(12-18-4-6-19(7-5-18)21-13-22(29)15-24(14-21)34-3)26(17(2)35-16)27(31)30-23-10-8-20(9-11-23)28(32)33/h4-7,13-15,20,23H,8-12H2,1-3H3,(H,30,31)(H,32,33)/t20-,23-. The Morgan fingerprint density at radius 2 is 1.71 bits per heavy atom. The highest BCUT2D eigenvalue weighted by molar-refractivity contribution is 7.12. The van der Waals surface area contributed by atoms with Crippen LogP contribution in [0.1, 0.15) is 56.9 Å². The number of halogens is 1. The number of thiophene rings is 1. The fourth-order valence-corrected chi connectivity index (χ4v) is 5.92. The minimum atomic E-state index is -0.746. The molecule has 0 radical (unpaired) electrons. The zero-order valence-corrected chi connectivity index (χ0v) is 21.0. The van der Waals surface area contributed by atoms with Gasteiger partial charge < -0.3 is 15.2 Å². The van der Waals surface area contributed by atoms with Gasteiger partial charge in [0.2, 0.25) is 0 Å². The van der Waals surface area contributed by atoms with E-state index >= 15 is 0 Å². The van der Waals surface area contributed by atoms with E-state index in [1.165, 1.54) is 19.2 Å². The first kappa shape index (κ1) is 24.9. The van der Waals surface area contributed by atoms with Crippen molar-refractivity contribution >= 4 is 23.2 Å². The summed E-state index contributed by atoms with van der Waals surface area (Å²) in [7, 11) is 1.52. The molecule has 0 saturated heterocycles. The van der Waals surface area contributed by atoms with Gasteiger partial charge in [-0.1, -0.05) is 24.3 Å². The Labute approximate surface area is 209 Å². The molecule has 1 fully saturated rings. The maximum atomic E-state index is 13.9. The quantitative estimate of drug-likeness (QED) is 0.413. The Morgan fingerprint density at radius 3 is 2.34 bits per heavy atom. The molecule has 0 bridgehead atoms. The number of carboxylic acids is 1. The van der Waals surface area contributed by atoms with Gasteiger partial charge in [0.1, 0.15) is 11.6 Å². The van der Waals surface area contributed by atoms with Crippen LogP contribution in [0, 0.1) is 25.6 Å². The van der Waals surface area contributed by atoms with E-state index in [2.05, 4.69) is 5.32 Å². The summed E-state index contributed by atoms with van der Waals surface area (Å²) in [6.45, 7) is 4.01. The van der Waals surface area contributed by atoms with Crippen LogP contribution in [0.3, 0.4) is 0 Å². The second-order valence-corrected chi connectivity index (χ2v) is 10.6. The van der Waals surface area contributed by atoms with E-state index in [-0.39, 0.29) is 23.7 Å². The van der Waals surface area contributed by atoms with Crippen molar-refractivity contribution in [3.8, 4) is 16.9 Å². The highest BCUT2D eigenvalue weighted by Crippen LogP contribution is 2.32. The number of carbonyl (C=O) groups excluding carboxylic acids is 1. The van der Waals surface area contributed by atoms with Crippen LogP contribution in [0.5, 0.6) is 5.75 Å². The molecule has 2 aromatic carbocycles. The van der Waals surface area contributed by atoms with E-state index in [1.807, 2.05) is 38.1 Å². The monoisotopic (exact) mass is 495 g/mol. The molecule has 0 aliphatic heterocycles. The molecular formula is C28H30FNO4S. The van der Waals surface area contributed by atoms with E-state index in [9.17, 15) is 19.1 Å². The number of aryl methyl sites for hydroxylation is 2. The van der Waals surface area contributed by atoms with Gasteiger partial charge in [-0.25, -0.2) is 4.39 Å². The summed E-state index contributed by atoms with van der Waals surface area (Å²) in [5, 5.41) is 12.4. The molecule has 184 valence electrons. The van der Waals surface area contributed by atoms with E-state index in [0.29, 0.717) is 37.9 Å². The van der Waals surface area contributed by atoms with Gasteiger partial charge in [-0.2, -0.15) is 0 Å². The topological polar surface area (TPSA) is 75.6 Å². The van der Waals surface area contributed by atoms with Crippen molar-refractivity contribution < 1.29 is 23.8 Å². The van der Waals surface area contributed by atoms with Crippen molar-refractivity contribution in [1.29, 1.82) is 0 Å². The van der Waals surface area contributed by atoms with Gasteiger partial charge >= 0.3 is 5.97 Å². The van der Waals surface area contributed by atoms with Crippen molar-refractivity contribution in [2.75, 3.05) is 7.11 Å². The van der Waals surface area contributed by atoms with Crippen molar-refractivity contribution in [2.24, 2.45) is 5.92 Å². The number of ether oxygens (including phenoxy) is 1. The molecule has 1 saturated carbocycles. The first-order valence-electron chi connectivity index (χ1n) is 11.8. The number of benzene rings is 2. The third kappa shape index (κ3) is 5.73. The summed E-state index contributed by atoms with van der Waals surface area (Å²) in [6.07, 6.45) is 3.19. The van der Waals surface area contributed by atoms with Gasteiger partial charge in [0.25, 0.3) is 5.91 Å².